The van der Waals surface area contributed by atoms with Crippen LogP contribution in [0.5, 0.6) is 0 Å². The molecule has 0 aromatic carbocycles. The number of nitriles is 1. The average molecular weight is 216 g/mol. The fraction of sp³-hybridized carbons (Fsp3) is 0.889. The monoisotopic (exact) mass is 216 g/mol. The van der Waals surface area contributed by atoms with Gasteiger partial charge in [-0.15, -0.1) is 0 Å². The first-order valence-electron chi connectivity index (χ1n) is 4.78. The third kappa shape index (κ3) is 1.91. The quantitative estimate of drug-likeness (QED) is 0.686. The molecule has 0 bridgehead atoms. The van der Waals surface area contributed by atoms with Crippen LogP contribution >= 0.6 is 0 Å². The van der Waals surface area contributed by atoms with Crippen molar-refractivity contribution in [2.24, 2.45) is 11.8 Å². The molecule has 0 radical (unpaired) electrons. The Kier molecular flexibility index (Phi) is 3.17. The largest absolute Gasteiger partial charge is 0.230 e. The molecular formula is C9H16N2O2S. The van der Waals surface area contributed by atoms with Crippen molar-refractivity contribution in [3.05, 3.63) is 0 Å². The van der Waals surface area contributed by atoms with E-state index in [9.17, 15) is 8.42 Å². The van der Waals surface area contributed by atoms with E-state index >= 15 is 0 Å². The Labute approximate surface area is 85.6 Å². The molecule has 0 saturated carbocycles. The van der Waals surface area contributed by atoms with Crippen LogP contribution in [-0.2, 0) is 10.0 Å². The maximum absolute atomic E-state index is 11.8. The highest BCUT2D eigenvalue weighted by molar-refractivity contribution is 7.89. The minimum Gasteiger partial charge on any atom is -0.211 e. The van der Waals surface area contributed by atoms with Crippen LogP contribution in [0.25, 0.3) is 0 Å². The summed E-state index contributed by atoms with van der Waals surface area (Å²) >= 11 is 0. The lowest BCUT2D eigenvalue weighted by atomic mass is 10.0. The molecule has 0 amide bonds. The molecule has 1 aliphatic rings. The van der Waals surface area contributed by atoms with Gasteiger partial charge in [0.1, 0.15) is 0 Å². The van der Waals surface area contributed by atoms with E-state index in [-0.39, 0.29) is 0 Å². The van der Waals surface area contributed by atoms with E-state index in [0.717, 1.165) is 0 Å². The Hall–Kier alpha value is -0.600. The minimum atomic E-state index is -3.38. The smallest absolute Gasteiger partial charge is 0.211 e. The van der Waals surface area contributed by atoms with Gasteiger partial charge < -0.3 is 0 Å². The summed E-state index contributed by atoms with van der Waals surface area (Å²) < 4.78 is 25.0. The third-order valence-corrected chi connectivity index (χ3v) is 4.96. The van der Waals surface area contributed by atoms with Gasteiger partial charge in [0, 0.05) is 13.1 Å². The molecule has 0 N–H and O–H groups in total. The summed E-state index contributed by atoms with van der Waals surface area (Å²) in [6.07, 6.45) is 0. The molecule has 80 valence electrons. The van der Waals surface area contributed by atoms with Gasteiger partial charge in [0.15, 0.2) is 5.25 Å². The lowest BCUT2D eigenvalue weighted by Crippen LogP contribution is -2.35. The van der Waals surface area contributed by atoms with E-state index in [0.29, 0.717) is 24.9 Å². The van der Waals surface area contributed by atoms with Crippen molar-refractivity contribution in [3.8, 4) is 6.07 Å². The number of hydrogen-bond acceptors (Lipinski definition) is 3. The Morgan fingerprint density at radius 1 is 1.36 bits per heavy atom. The van der Waals surface area contributed by atoms with Gasteiger partial charge >= 0.3 is 0 Å². The molecule has 1 heterocycles. The Balaban J connectivity index is 2.83. The highest BCUT2D eigenvalue weighted by atomic mass is 32.2. The summed E-state index contributed by atoms with van der Waals surface area (Å²) in [5.41, 5.74) is 0. The molecule has 1 aliphatic heterocycles. The van der Waals surface area contributed by atoms with Crippen LogP contribution in [0, 0.1) is 23.2 Å². The molecule has 4 nitrogen and oxygen atoms in total. The van der Waals surface area contributed by atoms with Gasteiger partial charge in [0.05, 0.1) is 6.07 Å². The van der Waals surface area contributed by atoms with Crippen LogP contribution in [0.1, 0.15) is 20.8 Å². The first-order valence-corrected chi connectivity index (χ1v) is 6.28. The standard InChI is InChI=1S/C9H16N2O2S/c1-7-5-11(6-8(7)2)14(12,13)9(3)4-10/h7-9H,5-6H2,1-3H3. The predicted octanol–water partition coefficient (Wildman–Crippen LogP) is 0.816. The van der Waals surface area contributed by atoms with Crippen LogP contribution in [0.4, 0.5) is 0 Å². The summed E-state index contributed by atoms with van der Waals surface area (Å²) in [5.74, 6) is 0.770. The molecule has 1 rings (SSSR count). The van der Waals surface area contributed by atoms with Crippen molar-refractivity contribution >= 4 is 10.0 Å². The molecule has 0 aromatic rings. The Morgan fingerprint density at radius 2 is 1.79 bits per heavy atom. The molecule has 3 unspecified atom stereocenters. The molecule has 0 aromatic heterocycles. The van der Waals surface area contributed by atoms with E-state index in [1.807, 2.05) is 13.8 Å². The number of sulfonamides is 1. The van der Waals surface area contributed by atoms with Gasteiger partial charge in [0.25, 0.3) is 0 Å². The second-order valence-corrected chi connectivity index (χ2v) is 6.34. The number of rotatable bonds is 2. The van der Waals surface area contributed by atoms with Crippen LogP contribution in [-0.4, -0.2) is 31.1 Å². The normalized spacial score (nSPS) is 31.3. The third-order valence-electron chi connectivity index (χ3n) is 2.94. The first kappa shape index (κ1) is 11.5. The van der Waals surface area contributed by atoms with E-state index in [2.05, 4.69) is 0 Å². The van der Waals surface area contributed by atoms with Gasteiger partial charge in [-0.2, -0.15) is 5.26 Å². The van der Waals surface area contributed by atoms with Crippen molar-refractivity contribution in [2.45, 2.75) is 26.0 Å². The maximum Gasteiger partial charge on any atom is 0.230 e. The number of nitrogens with zero attached hydrogens (tertiary/aromatic N) is 2. The Bertz CT molecular complexity index is 334. The van der Waals surface area contributed by atoms with E-state index in [1.165, 1.54) is 11.2 Å². The van der Waals surface area contributed by atoms with Crippen molar-refractivity contribution in [2.75, 3.05) is 13.1 Å². The second kappa shape index (κ2) is 3.87. The lowest BCUT2D eigenvalue weighted by Gasteiger charge is -2.17. The maximum atomic E-state index is 11.8. The molecule has 14 heavy (non-hydrogen) atoms. The minimum absolute atomic E-state index is 0.385. The average Bonchev–Trinajstić information content (AvgIpc) is 2.46. The van der Waals surface area contributed by atoms with Gasteiger partial charge in [-0.3, -0.25) is 0 Å². The first-order chi connectivity index (χ1) is 6.39. The predicted molar refractivity (Wildman–Crippen MR) is 53.9 cm³/mol. The zero-order valence-electron chi connectivity index (χ0n) is 8.77. The summed E-state index contributed by atoms with van der Waals surface area (Å²) in [6, 6.07) is 1.78. The van der Waals surface area contributed by atoms with Crippen LogP contribution in [0.3, 0.4) is 0 Å². The second-order valence-electron chi connectivity index (χ2n) is 4.09. The van der Waals surface area contributed by atoms with Crippen LogP contribution in [0.2, 0.25) is 0 Å². The van der Waals surface area contributed by atoms with Gasteiger partial charge in [-0.05, 0) is 18.8 Å². The summed E-state index contributed by atoms with van der Waals surface area (Å²) in [6.45, 7) is 6.61. The van der Waals surface area contributed by atoms with E-state index < -0.39 is 15.3 Å². The summed E-state index contributed by atoms with van der Waals surface area (Å²) in [4.78, 5) is 0. The van der Waals surface area contributed by atoms with Crippen molar-refractivity contribution in [1.29, 1.82) is 5.26 Å². The highest BCUT2D eigenvalue weighted by Crippen LogP contribution is 2.25. The van der Waals surface area contributed by atoms with Crippen molar-refractivity contribution < 1.29 is 8.42 Å². The van der Waals surface area contributed by atoms with Crippen LogP contribution < -0.4 is 0 Å². The zero-order chi connectivity index (χ0) is 10.9. The van der Waals surface area contributed by atoms with Gasteiger partial charge in [0.2, 0.25) is 10.0 Å². The highest BCUT2D eigenvalue weighted by Gasteiger charge is 2.36. The fourth-order valence-corrected chi connectivity index (χ4v) is 3.04. The summed E-state index contributed by atoms with van der Waals surface area (Å²) in [7, 11) is -3.38. The van der Waals surface area contributed by atoms with Gasteiger partial charge in [-0.25, -0.2) is 12.7 Å². The lowest BCUT2D eigenvalue weighted by molar-refractivity contribution is 0.460. The van der Waals surface area contributed by atoms with Gasteiger partial charge in [-0.1, -0.05) is 13.8 Å². The fourth-order valence-electron chi connectivity index (χ4n) is 1.57. The van der Waals surface area contributed by atoms with E-state index in [1.54, 1.807) is 6.07 Å². The molecule has 0 spiro atoms. The SMILES string of the molecule is CC1CN(S(=O)(=O)C(C)C#N)CC1C. The number of hydrogen-bond donors (Lipinski definition) is 0. The van der Waals surface area contributed by atoms with Crippen molar-refractivity contribution in [1.82, 2.24) is 4.31 Å². The van der Waals surface area contributed by atoms with Crippen molar-refractivity contribution in [3.63, 3.8) is 0 Å². The molecule has 3 atom stereocenters. The molecule has 5 heteroatoms. The zero-order valence-corrected chi connectivity index (χ0v) is 9.58. The molecular weight excluding hydrogens is 200 g/mol. The molecule has 0 aliphatic carbocycles. The van der Waals surface area contributed by atoms with E-state index in [4.69, 9.17) is 5.26 Å². The summed E-state index contributed by atoms with van der Waals surface area (Å²) in [5, 5.41) is 7.68. The topological polar surface area (TPSA) is 61.2 Å². The molecule has 1 saturated heterocycles. The molecule has 1 fully saturated rings. The Morgan fingerprint density at radius 3 is 2.14 bits per heavy atom. The van der Waals surface area contributed by atoms with Crippen LogP contribution in [0.15, 0.2) is 0 Å².